The summed E-state index contributed by atoms with van der Waals surface area (Å²) in [4.78, 5) is 55.4. The van der Waals surface area contributed by atoms with Crippen LogP contribution in [0.4, 0.5) is 0 Å². The second-order valence-corrected chi connectivity index (χ2v) is 14.8. The minimum absolute atomic E-state index is 0.0447. The Morgan fingerprint density at radius 3 is 2.22 bits per heavy atom. The quantitative estimate of drug-likeness (QED) is 0.268. The first kappa shape index (κ1) is 33.6. The van der Waals surface area contributed by atoms with Gasteiger partial charge in [-0.2, -0.15) is 0 Å². The highest BCUT2D eigenvalue weighted by Gasteiger charge is 2.57. The van der Waals surface area contributed by atoms with E-state index >= 15 is 0 Å². The molecule has 1 aliphatic carbocycles. The summed E-state index contributed by atoms with van der Waals surface area (Å²) < 4.78 is 27.6. The molecule has 3 amide bonds. The van der Waals surface area contributed by atoms with E-state index in [9.17, 15) is 27.6 Å². The lowest BCUT2D eigenvalue weighted by atomic mass is 9.94. The molecule has 0 spiro atoms. The van der Waals surface area contributed by atoms with Crippen LogP contribution < -0.4 is 10.6 Å². The first-order valence-corrected chi connectivity index (χ1v) is 17.5. The number of hydrogen-bond donors (Lipinski definition) is 2. The number of carbonyl (C=O) groups is 4. The third-order valence-electron chi connectivity index (χ3n) is 8.69. The standard InChI is InChI=1S/C34H35Cl2N3O6S/c1-2-8-27(30(40)32(42)37-20-22-9-4-3-5-10-22)38-31(41)28-19-25(46(44,45)29-12-7-6-11-26(29)36)21-39(28)33(43)34(17-18-34)23-13-15-24(35)16-14-23/h3-7,9-16,25,27-28H,2,8,17-21H2,1H3,(H,37,42)(H,38,41)/t25-,27?,28+/m1/s1. The zero-order chi connectivity index (χ0) is 33.1. The maximum Gasteiger partial charge on any atom is 0.289 e. The highest BCUT2D eigenvalue weighted by molar-refractivity contribution is 7.92. The number of Topliss-reactive ketones (excluding diaryl/α,β-unsaturated/α-hetero) is 1. The van der Waals surface area contributed by atoms with E-state index in [1.165, 1.54) is 17.0 Å². The third-order valence-corrected chi connectivity index (χ3v) is 11.6. The molecule has 3 aromatic rings. The van der Waals surface area contributed by atoms with Crippen LogP contribution in [-0.2, 0) is 41.0 Å². The smallest absolute Gasteiger partial charge is 0.289 e. The van der Waals surface area contributed by atoms with E-state index in [-0.39, 0.29) is 41.8 Å². The molecule has 1 unspecified atom stereocenters. The molecule has 46 heavy (non-hydrogen) atoms. The summed E-state index contributed by atoms with van der Waals surface area (Å²) in [7, 11) is -4.05. The molecule has 2 aliphatic rings. The number of ketones is 1. The second kappa shape index (κ2) is 13.9. The Morgan fingerprint density at radius 1 is 0.935 bits per heavy atom. The van der Waals surface area contributed by atoms with Gasteiger partial charge in [0.15, 0.2) is 9.84 Å². The van der Waals surface area contributed by atoms with Crippen molar-refractivity contribution in [2.45, 2.75) is 73.2 Å². The average molecular weight is 685 g/mol. The topological polar surface area (TPSA) is 130 Å². The van der Waals surface area contributed by atoms with Crippen LogP contribution in [0.5, 0.6) is 0 Å². The van der Waals surface area contributed by atoms with Gasteiger partial charge in [-0.05, 0) is 61.1 Å². The summed E-state index contributed by atoms with van der Waals surface area (Å²) >= 11 is 12.4. The number of sulfone groups is 1. The van der Waals surface area contributed by atoms with Crippen molar-refractivity contribution in [3.63, 3.8) is 0 Å². The largest absolute Gasteiger partial charge is 0.345 e. The molecule has 5 rings (SSSR count). The normalized spacial score (nSPS) is 19.2. The fraction of sp³-hybridized carbons (Fsp3) is 0.353. The van der Waals surface area contributed by atoms with Gasteiger partial charge in [-0.15, -0.1) is 0 Å². The van der Waals surface area contributed by atoms with Crippen LogP contribution in [0, 0.1) is 0 Å². The van der Waals surface area contributed by atoms with Crippen molar-refractivity contribution in [2.24, 2.45) is 0 Å². The van der Waals surface area contributed by atoms with Crippen LogP contribution in [0.25, 0.3) is 0 Å². The number of nitrogens with zero attached hydrogens (tertiary/aromatic N) is 1. The lowest BCUT2D eigenvalue weighted by molar-refractivity contribution is -0.143. The van der Waals surface area contributed by atoms with E-state index in [2.05, 4.69) is 10.6 Å². The van der Waals surface area contributed by atoms with Gasteiger partial charge in [-0.1, -0.05) is 91.1 Å². The van der Waals surface area contributed by atoms with Gasteiger partial charge in [-0.25, -0.2) is 8.42 Å². The summed E-state index contributed by atoms with van der Waals surface area (Å²) in [6.45, 7) is 1.72. The Labute approximate surface area is 278 Å². The Bertz CT molecular complexity index is 1730. The monoisotopic (exact) mass is 683 g/mol. The van der Waals surface area contributed by atoms with Gasteiger partial charge in [0.1, 0.15) is 6.04 Å². The minimum atomic E-state index is -4.05. The molecule has 3 aromatic carbocycles. The van der Waals surface area contributed by atoms with Crippen LogP contribution in [0.3, 0.4) is 0 Å². The Morgan fingerprint density at radius 2 is 1.59 bits per heavy atom. The van der Waals surface area contributed by atoms with Gasteiger partial charge in [0, 0.05) is 18.1 Å². The molecule has 1 aliphatic heterocycles. The summed E-state index contributed by atoms with van der Waals surface area (Å²) in [6, 6.07) is 19.7. The SMILES string of the molecule is CCCC(NC(=O)[C@@H]1C[C@@H](S(=O)(=O)c2ccccc2Cl)CN1C(=O)C1(c2ccc(Cl)cc2)CC1)C(=O)C(=O)NCc1ccccc1. The molecule has 1 saturated carbocycles. The molecule has 2 fully saturated rings. The van der Waals surface area contributed by atoms with Gasteiger partial charge < -0.3 is 15.5 Å². The van der Waals surface area contributed by atoms with Crippen LogP contribution in [0.15, 0.2) is 83.8 Å². The zero-order valence-electron chi connectivity index (χ0n) is 25.2. The van der Waals surface area contributed by atoms with Crippen molar-refractivity contribution >= 4 is 56.5 Å². The zero-order valence-corrected chi connectivity index (χ0v) is 27.6. The summed E-state index contributed by atoms with van der Waals surface area (Å²) in [5.41, 5.74) is 0.621. The number of rotatable bonds is 12. The van der Waals surface area contributed by atoms with E-state index in [1.807, 2.05) is 37.3 Å². The third kappa shape index (κ3) is 6.99. The van der Waals surface area contributed by atoms with E-state index in [1.54, 1.807) is 36.4 Å². The predicted octanol–water partition coefficient (Wildman–Crippen LogP) is 4.64. The van der Waals surface area contributed by atoms with Crippen LogP contribution in [-0.4, -0.2) is 60.7 Å². The van der Waals surface area contributed by atoms with Crippen LogP contribution in [0.1, 0.15) is 50.2 Å². The van der Waals surface area contributed by atoms with E-state index in [0.29, 0.717) is 24.3 Å². The number of halogens is 2. The highest BCUT2D eigenvalue weighted by atomic mass is 35.5. The van der Waals surface area contributed by atoms with E-state index in [0.717, 1.165) is 11.1 Å². The number of nitrogens with one attached hydrogen (secondary N) is 2. The van der Waals surface area contributed by atoms with Crippen molar-refractivity contribution < 1.29 is 27.6 Å². The first-order valence-electron chi connectivity index (χ1n) is 15.2. The molecule has 0 bridgehead atoms. The lowest BCUT2D eigenvalue weighted by Crippen LogP contribution is -2.54. The Kier molecular flexibility index (Phi) is 10.2. The molecule has 9 nitrogen and oxygen atoms in total. The summed E-state index contributed by atoms with van der Waals surface area (Å²) in [6.07, 6.45) is 1.52. The summed E-state index contributed by atoms with van der Waals surface area (Å²) in [5.74, 6) is -2.73. The molecule has 1 heterocycles. The second-order valence-electron chi connectivity index (χ2n) is 11.8. The van der Waals surface area contributed by atoms with Crippen molar-refractivity contribution in [1.82, 2.24) is 15.5 Å². The van der Waals surface area contributed by atoms with Gasteiger partial charge in [0.2, 0.25) is 17.6 Å². The Hall–Kier alpha value is -3.73. The molecule has 12 heteroatoms. The first-order chi connectivity index (χ1) is 22.0. The van der Waals surface area contributed by atoms with E-state index < -0.39 is 50.2 Å². The van der Waals surface area contributed by atoms with Gasteiger partial charge in [0.05, 0.1) is 26.6 Å². The maximum absolute atomic E-state index is 14.2. The summed E-state index contributed by atoms with van der Waals surface area (Å²) in [5, 5.41) is 4.72. The van der Waals surface area contributed by atoms with Gasteiger partial charge in [-0.3, -0.25) is 19.2 Å². The number of amides is 3. The molecule has 0 aromatic heterocycles. The molecule has 242 valence electrons. The minimum Gasteiger partial charge on any atom is -0.345 e. The number of likely N-dealkylation sites (tertiary alicyclic amines) is 1. The fourth-order valence-corrected chi connectivity index (χ4v) is 8.34. The van der Waals surface area contributed by atoms with E-state index in [4.69, 9.17) is 23.2 Å². The van der Waals surface area contributed by atoms with Gasteiger partial charge >= 0.3 is 0 Å². The van der Waals surface area contributed by atoms with Crippen molar-refractivity contribution in [3.05, 3.63) is 100 Å². The average Bonchev–Trinajstić information content (AvgIpc) is 3.73. The van der Waals surface area contributed by atoms with Crippen molar-refractivity contribution in [2.75, 3.05) is 6.54 Å². The number of hydrogen-bond acceptors (Lipinski definition) is 6. The molecule has 3 atom stereocenters. The molecular weight excluding hydrogens is 649 g/mol. The van der Waals surface area contributed by atoms with Crippen molar-refractivity contribution in [3.8, 4) is 0 Å². The number of benzene rings is 3. The van der Waals surface area contributed by atoms with Crippen LogP contribution >= 0.6 is 23.2 Å². The van der Waals surface area contributed by atoms with Gasteiger partial charge in [0.25, 0.3) is 5.91 Å². The molecular formula is C34H35Cl2N3O6S. The fourth-order valence-electron chi connectivity index (χ4n) is 5.99. The Balaban J connectivity index is 1.40. The molecule has 0 radical (unpaired) electrons. The number of carbonyl (C=O) groups excluding carboxylic acids is 4. The van der Waals surface area contributed by atoms with Crippen LogP contribution in [0.2, 0.25) is 10.0 Å². The molecule has 2 N–H and O–H groups in total. The molecule has 1 saturated heterocycles. The lowest BCUT2D eigenvalue weighted by Gasteiger charge is -2.29. The van der Waals surface area contributed by atoms with Crippen molar-refractivity contribution in [1.29, 1.82) is 0 Å². The predicted molar refractivity (Wildman–Crippen MR) is 175 cm³/mol. The maximum atomic E-state index is 14.2. The highest BCUT2D eigenvalue weighted by Crippen LogP contribution is 2.51.